The first kappa shape index (κ1) is 16.5. The first-order valence-electron chi connectivity index (χ1n) is 8.72. The number of imidazole rings is 1. The molecule has 1 fully saturated rings. The summed E-state index contributed by atoms with van der Waals surface area (Å²) in [5.41, 5.74) is 11.0. The van der Waals surface area contributed by atoms with Gasteiger partial charge in [-0.25, -0.2) is 9.97 Å². The summed E-state index contributed by atoms with van der Waals surface area (Å²) in [5.74, 6) is 0.698. The van der Waals surface area contributed by atoms with Crippen LogP contribution in [0, 0.1) is 6.92 Å². The van der Waals surface area contributed by atoms with Crippen molar-refractivity contribution in [3.05, 3.63) is 47.4 Å². The SMILES string of the molecule is Cc1c(C(N)=O)ccc(-c2cnc3c(NCCO)nccn23)c1C1CC1. The summed E-state index contributed by atoms with van der Waals surface area (Å²) in [7, 11) is 0. The van der Waals surface area contributed by atoms with E-state index in [2.05, 4.69) is 15.3 Å². The van der Waals surface area contributed by atoms with Gasteiger partial charge in [-0.1, -0.05) is 6.07 Å². The Hall–Kier alpha value is -2.93. The van der Waals surface area contributed by atoms with Gasteiger partial charge in [-0.3, -0.25) is 9.20 Å². The number of hydrogen-bond acceptors (Lipinski definition) is 5. The van der Waals surface area contributed by atoms with Crippen LogP contribution in [0.15, 0.2) is 30.7 Å². The Bertz CT molecular complexity index is 991. The van der Waals surface area contributed by atoms with Crippen molar-refractivity contribution in [2.45, 2.75) is 25.7 Å². The lowest BCUT2D eigenvalue weighted by Gasteiger charge is -2.15. The molecule has 26 heavy (non-hydrogen) atoms. The number of amides is 1. The second-order valence-corrected chi connectivity index (χ2v) is 6.60. The van der Waals surface area contributed by atoms with Gasteiger partial charge in [-0.05, 0) is 42.9 Å². The molecule has 1 saturated carbocycles. The Morgan fingerprint density at radius 3 is 2.88 bits per heavy atom. The molecular weight excluding hydrogens is 330 g/mol. The van der Waals surface area contributed by atoms with Crippen LogP contribution in [-0.4, -0.2) is 38.5 Å². The second-order valence-electron chi connectivity index (χ2n) is 6.60. The number of nitrogens with two attached hydrogens (primary N) is 1. The van der Waals surface area contributed by atoms with Gasteiger partial charge in [0, 0.05) is 30.1 Å². The molecular formula is C19H21N5O2. The van der Waals surface area contributed by atoms with Crippen LogP contribution < -0.4 is 11.1 Å². The van der Waals surface area contributed by atoms with E-state index in [4.69, 9.17) is 10.8 Å². The zero-order chi connectivity index (χ0) is 18.3. The molecule has 0 saturated heterocycles. The summed E-state index contributed by atoms with van der Waals surface area (Å²) in [6.45, 7) is 2.40. The fraction of sp³-hybridized carbons (Fsp3) is 0.316. The van der Waals surface area contributed by atoms with E-state index in [1.54, 1.807) is 12.3 Å². The molecule has 3 aromatic rings. The van der Waals surface area contributed by atoms with Crippen molar-refractivity contribution >= 4 is 17.4 Å². The van der Waals surface area contributed by atoms with E-state index < -0.39 is 5.91 Å². The van der Waals surface area contributed by atoms with Crippen molar-refractivity contribution in [3.8, 4) is 11.3 Å². The van der Waals surface area contributed by atoms with Crippen LogP contribution in [0.2, 0.25) is 0 Å². The van der Waals surface area contributed by atoms with Crippen LogP contribution >= 0.6 is 0 Å². The van der Waals surface area contributed by atoms with Gasteiger partial charge in [0.2, 0.25) is 5.91 Å². The molecule has 2 aromatic heterocycles. The number of aromatic nitrogens is 3. The Morgan fingerprint density at radius 1 is 1.38 bits per heavy atom. The van der Waals surface area contributed by atoms with Crippen molar-refractivity contribution < 1.29 is 9.90 Å². The molecule has 4 rings (SSSR count). The van der Waals surface area contributed by atoms with Crippen molar-refractivity contribution in [2.75, 3.05) is 18.5 Å². The molecule has 7 nitrogen and oxygen atoms in total. The van der Waals surface area contributed by atoms with Crippen LogP contribution in [-0.2, 0) is 0 Å². The van der Waals surface area contributed by atoms with Crippen LogP contribution in [0.1, 0.15) is 40.2 Å². The van der Waals surface area contributed by atoms with Gasteiger partial charge in [0.15, 0.2) is 11.5 Å². The van der Waals surface area contributed by atoms with E-state index in [0.717, 1.165) is 29.7 Å². The van der Waals surface area contributed by atoms with Crippen LogP contribution in [0.5, 0.6) is 0 Å². The number of carbonyl (C=O) groups is 1. The summed E-state index contributed by atoms with van der Waals surface area (Å²) >= 11 is 0. The highest BCUT2D eigenvalue weighted by atomic mass is 16.3. The zero-order valence-corrected chi connectivity index (χ0v) is 14.6. The van der Waals surface area contributed by atoms with Crippen molar-refractivity contribution in [1.29, 1.82) is 0 Å². The molecule has 0 bridgehead atoms. The third kappa shape index (κ3) is 2.70. The topological polar surface area (TPSA) is 106 Å². The van der Waals surface area contributed by atoms with E-state index in [1.165, 1.54) is 5.56 Å². The van der Waals surface area contributed by atoms with Crippen molar-refractivity contribution in [2.24, 2.45) is 5.73 Å². The maximum Gasteiger partial charge on any atom is 0.248 e. The second kappa shape index (κ2) is 6.42. The van der Waals surface area contributed by atoms with Gasteiger partial charge in [0.05, 0.1) is 18.5 Å². The number of hydrogen-bond donors (Lipinski definition) is 3. The van der Waals surface area contributed by atoms with Gasteiger partial charge in [0.1, 0.15) is 0 Å². The average molecular weight is 351 g/mol. The number of nitrogens with one attached hydrogen (secondary N) is 1. The number of primary amides is 1. The third-order valence-electron chi connectivity index (χ3n) is 4.87. The van der Waals surface area contributed by atoms with Gasteiger partial charge >= 0.3 is 0 Å². The minimum absolute atomic E-state index is 0.0237. The molecule has 1 aliphatic carbocycles. The summed E-state index contributed by atoms with van der Waals surface area (Å²) in [6, 6.07) is 3.76. The number of anilines is 1. The van der Waals surface area contributed by atoms with Crippen LogP contribution in [0.4, 0.5) is 5.82 Å². The van der Waals surface area contributed by atoms with Gasteiger partial charge in [-0.15, -0.1) is 0 Å². The molecule has 1 aliphatic rings. The minimum atomic E-state index is -0.395. The number of fused-ring (bicyclic) bond motifs is 1. The smallest absolute Gasteiger partial charge is 0.248 e. The molecule has 0 spiro atoms. The van der Waals surface area contributed by atoms with Crippen LogP contribution in [0.3, 0.4) is 0 Å². The largest absolute Gasteiger partial charge is 0.395 e. The molecule has 0 aliphatic heterocycles. The van der Waals surface area contributed by atoms with E-state index in [0.29, 0.717) is 29.5 Å². The van der Waals surface area contributed by atoms with Gasteiger partial charge in [0.25, 0.3) is 0 Å². The fourth-order valence-electron chi connectivity index (χ4n) is 3.53. The lowest BCUT2D eigenvalue weighted by Crippen LogP contribution is -2.14. The number of aliphatic hydroxyl groups is 1. The van der Waals surface area contributed by atoms with Gasteiger partial charge < -0.3 is 16.2 Å². The minimum Gasteiger partial charge on any atom is -0.395 e. The summed E-state index contributed by atoms with van der Waals surface area (Å²) in [4.78, 5) is 20.6. The molecule has 7 heteroatoms. The first-order chi connectivity index (χ1) is 12.6. The Balaban J connectivity index is 1.88. The molecule has 4 N–H and O–H groups in total. The summed E-state index contributed by atoms with van der Waals surface area (Å²) < 4.78 is 1.98. The standard InChI is InChI=1S/C19H21N5O2/c1-11-13(17(20)26)4-5-14(16(11)12-2-3-12)15-10-23-19-18(22-7-9-25)21-6-8-24(15)19/h4-6,8,10,12,25H,2-3,7,9H2,1H3,(H2,20,26)(H,21,22). The number of nitrogens with zero attached hydrogens (tertiary/aromatic N) is 3. The quantitative estimate of drug-likeness (QED) is 0.630. The maximum absolute atomic E-state index is 11.7. The van der Waals surface area contributed by atoms with E-state index in [9.17, 15) is 4.79 Å². The van der Waals surface area contributed by atoms with E-state index >= 15 is 0 Å². The third-order valence-corrected chi connectivity index (χ3v) is 4.87. The predicted octanol–water partition coefficient (Wildman–Crippen LogP) is 2.09. The lowest BCUT2D eigenvalue weighted by molar-refractivity contribution is 0.0999. The van der Waals surface area contributed by atoms with Crippen molar-refractivity contribution in [1.82, 2.24) is 14.4 Å². The van der Waals surface area contributed by atoms with Crippen molar-refractivity contribution in [3.63, 3.8) is 0 Å². The molecule has 1 amide bonds. The summed E-state index contributed by atoms with van der Waals surface area (Å²) in [6.07, 6.45) is 7.65. The fourth-order valence-corrected chi connectivity index (χ4v) is 3.53. The number of rotatable bonds is 6. The molecule has 1 aromatic carbocycles. The first-order valence-corrected chi connectivity index (χ1v) is 8.72. The highest BCUT2D eigenvalue weighted by molar-refractivity contribution is 5.95. The monoisotopic (exact) mass is 351 g/mol. The Labute approximate surface area is 150 Å². The number of benzene rings is 1. The molecule has 0 radical (unpaired) electrons. The molecule has 0 unspecified atom stereocenters. The van der Waals surface area contributed by atoms with Crippen LogP contribution in [0.25, 0.3) is 16.9 Å². The molecule has 2 heterocycles. The normalized spacial score (nSPS) is 13.9. The Kier molecular flexibility index (Phi) is 4.08. The molecule has 134 valence electrons. The zero-order valence-electron chi connectivity index (χ0n) is 14.6. The highest BCUT2D eigenvalue weighted by Gasteiger charge is 2.30. The lowest BCUT2D eigenvalue weighted by atomic mass is 9.92. The Morgan fingerprint density at radius 2 is 2.19 bits per heavy atom. The van der Waals surface area contributed by atoms with Gasteiger partial charge in [-0.2, -0.15) is 0 Å². The van der Waals surface area contributed by atoms with E-state index in [-0.39, 0.29) is 6.61 Å². The van der Waals surface area contributed by atoms with E-state index in [1.807, 2.05) is 29.8 Å². The summed E-state index contributed by atoms with van der Waals surface area (Å²) in [5, 5.41) is 12.1. The number of carbonyl (C=O) groups excluding carboxylic acids is 1. The maximum atomic E-state index is 11.7. The number of aliphatic hydroxyl groups excluding tert-OH is 1. The average Bonchev–Trinajstić information content (AvgIpc) is 3.37. The highest BCUT2D eigenvalue weighted by Crippen LogP contribution is 2.46. The predicted molar refractivity (Wildman–Crippen MR) is 99.2 cm³/mol. The molecule has 0 atom stereocenters.